The van der Waals surface area contributed by atoms with E-state index in [4.69, 9.17) is 23.7 Å². The molecule has 0 amide bonds. The van der Waals surface area contributed by atoms with E-state index in [9.17, 15) is 9.59 Å². The molecule has 0 aliphatic heterocycles. The summed E-state index contributed by atoms with van der Waals surface area (Å²) in [4.78, 5) is 26.4. The van der Waals surface area contributed by atoms with Crippen LogP contribution in [0.5, 0.6) is 0 Å². The Kier molecular flexibility index (Phi) is 27.2. The second-order valence-corrected chi connectivity index (χ2v) is 10.3. The van der Waals surface area contributed by atoms with E-state index in [1.807, 2.05) is 0 Å². The fraction of sp³-hybridized carbons (Fsp3) is 0.935. The molecule has 0 rings (SSSR count). The minimum atomic E-state index is -0.732. The van der Waals surface area contributed by atoms with Gasteiger partial charge in [0.05, 0.1) is 13.0 Å². The summed E-state index contributed by atoms with van der Waals surface area (Å²) in [5.41, 5.74) is 0. The maximum absolute atomic E-state index is 12.3. The lowest BCUT2D eigenvalue weighted by Crippen LogP contribution is -2.26. The van der Waals surface area contributed by atoms with Crippen molar-refractivity contribution in [3.63, 3.8) is 0 Å². The highest BCUT2D eigenvalue weighted by molar-refractivity contribution is 5.69. The van der Waals surface area contributed by atoms with Gasteiger partial charge < -0.3 is 28.6 Å². The molecule has 0 N–H and O–H groups in total. The molecular formula is C31H61NO7. The van der Waals surface area contributed by atoms with Gasteiger partial charge in [-0.3, -0.25) is 4.79 Å². The quantitative estimate of drug-likeness (QED) is 0.0549. The topological polar surface area (TPSA) is 83.5 Å². The Bertz CT molecular complexity index is 539. The van der Waals surface area contributed by atoms with Crippen LogP contribution in [0.25, 0.3) is 0 Å². The third-order valence-corrected chi connectivity index (χ3v) is 6.70. The summed E-state index contributed by atoms with van der Waals surface area (Å²) in [6.45, 7) is 14.7. The maximum Gasteiger partial charge on any atom is 0.508 e. The van der Waals surface area contributed by atoms with E-state index in [0.29, 0.717) is 26.2 Å². The van der Waals surface area contributed by atoms with Gasteiger partial charge in [-0.05, 0) is 39.3 Å². The lowest BCUT2D eigenvalue weighted by molar-refractivity contribution is -0.161. The van der Waals surface area contributed by atoms with E-state index in [1.54, 1.807) is 6.92 Å². The highest BCUT2D eigenvalue weighted by atomic mass is 16.7. The standard InChI is InChI=1S/C31H61NO7/c1-6-10-12-14-16-18-24-35-30(36-25-19-17-15-13-11-7-2)22-21-29(33)38-27-28(5)39-31(34)37-26-20-23-32(8-3)9-4/h28,30H,6-27H2,1-5H3. The molecule has 232 valence electrons. The summed E-state index contributed by atoms with van der Waals surface area (Å²) in [5, 5.41) is 0. The van der Waals surface area contributed by atoms with Gasteiger partial charge in [-0.2, -0.15) is 0 Å². The monoisotopic (exact) mass is 559 g/mol. The predicted octanol–water partition coefficient (Wildman–Crippen LogP) is 7.66. The van der Waals surface area contributed by atoms with Gasteiger partial charge >= 0.3 is 12.1 Å². The van der Waals surface area contributed by atoms with Crippen LogP contribution in [0.2, 0.25) is 0 Å². The smallest absolute Gasteiger partial charge is 0.462 e. The summed E-state index contributed by atoms with van der Waals surface area (Å²) in [7, 11) is 0. The molecule has 0 saturated carbocycles. The van der Waals surface area contributed by atoms with Gasteiger partial charge in [-0.1, -0.05) is 91.9 Å². The third kappa shape index (κ3) is 25.3. The molecule has 0 heterocycles. The minimum Gasteiger partial charge on any atom is -0.462 e. The predicted molar refractivity (Wildman–Crippen MR) is 157 cm³/mol. The van der Waals surface area contributed by atoms with E-state index in [2.05, 4.69) is 32.6 Å². The summed E-state index contributed by atoms with van der Waals surface area (Å²) < 4.78 is 27.6. The number of carbonyl (C=O) groups excluding carboxylic acids is 2. The third-order valence-electron chi connectivity index (χ3n) is 6.70. The SMILES string of the molecule is CCCCCCCCOC(CCC(=O)OCC(C)OC(=O)OCCCN(CC)CC)OCCCCCCCC. The molecule has 0 bridgehead atoms. The number of hydrogen-bond acceptors (Lipinski definition) is 8. The van der Waals surface area contributed by atoms with E-state index < -0.39 is 18.5 Å². The van der Waals surface area contributed by atoms with Crippen LogP contribution >= 0.6 is 0 Å². The number of hydrogen-bond donors (Lipinski definition) is 0. The summed E-state index contributed by atoms with van der Waals surface area (Å²) in [6.07, 6.45) is 14.1. The Hall–Kier alpha value is -1.38. The van der Waals surface area contributed by atoms with Crippen LogP contribution in [0.15, 0.2) is 0 Å². The molecule has 0 spiro atoms. The highest BCUT2D eigenvalue weighted by Crippen LogP contribution is 2.12. The molecule has 1 unspecified atom stereocenters. The normalized spacial score (nSPS) is 12.2. The Balaban J connectivity index is 4.21. The number of esters is 1. The Labute approximate surface area is 239 Å². The molecule has 0 aliphatic rings. The van der Waals surface area contributed by atoms with Crippen LogP contribution in [0.1, 0.15) is 131 Å². The fourth-order valence-corrected chi connectivity index (χ4v) is 4.14. The van der Waals surface area contributed by atoms with Crippen molar-refractivity contribution in [2.45, 2.75) is 143 Å². The van der Waals surface area contributed by atoms with Crippen molar-refractivity contribution >= 4 is 12.1 Å². The van der Waals surface area contributed by atoms with Crippen molar-refractivity contribution in [1.82, 2.24) is 4.90 Å². The lowest BCUT2D eigenvalue weighted by Gasteiger charge is -2.19. The lowest BCUT2D eigenvalue weighted by atomic mass is 10.1. The molecule has 0 fully saturated rings. The largest absolute Gasteiger partial charge is 0.508 e. The molecule has 0 radical (unpaired) electrons. The number of unbranched alkanes of at least 4 members (excludes halogenated alkanes) is 10. The first-order valence-corrected chi connectivity index (χ1v) is 15.9. The zero-order valence-electron chi connectivity index (χ0n) is 26.0. The molecule has 39 heavy (non-hydrogen) atoms. The van der Waals surface area contributed by atoms with Gasteiger partial charge in [-0.25, -0.2) is 4.79 Å². The van der Waals surface area contributed by atoms with Crippen LogP contribution < -0.4 is 0 Å². The first kappa shape index (κ1) is 37.6. The van der Waals surface area contributed by atoms with Crippen LogP contribution in [-0.4, -0.2) is 75.5 Å². The zero-order chi connectivity index (χ0) is 29.0. The van der Waals surface area contributed by atoms with Crippen LogP contribution in [0, 0.1) is 0 Å². The van der Waals surface area contributed by atoms with Gasteiger partial charge in [0.2, 0.25) is 0 Å². The number of nitrogens with zero attached hydrogens (tertiary/aromatic N) is 1. The van der Waals surface area contributed by atoms with Gasteiger partial charge in [0.1, 0.15) is 12.7 Å². The molecule has 0 aliphatic carbocycles. The average molecular weight is 560 g/mol. The van der Waals surface area contributed by atoms with Gasteiger partial charge in [-0.15, -0.1) is 0 Å². The first-order valence-electron chi connectivity index (χ1n) is 15.9. The summed E-state index contributed by atoms with van der Waals surface area (Å²) >= 11 is 0. The average Bonchev–Trinajstić information content (AvgIpc) is 2.93. The fourth-order valence-electron chi connectivity index (χ4n) is 4.14. The number of carbonyl (C=O) groups is 2. The second-order valence-electron chi connectivity index (χ2n) is 10.3. The van der Waals surface area contributed by atoms with Gasteiger partial charge in [0.25, 0.3) is 0 Å². The molecule has 0 saturated heterocycles. The van der Waals surface area contributed by atoms with Crippen molar-refractivity contribution < 1.29 is 33.3 Å². The minimum absolute atomic E-state index is 0.00468. The van der Waals surface area contributed by atoms with Crippen molar-refractivity contribution in [1.29, 1.82) is 0 Å². The van der Waals surface area contributed by atoms with Crippen LogP contribution in [0.4, 0.5) is 4.79 Å². The first-order chi connectivity index (χ1) is 19.0. The van der Waals surface area contributed by atoms with Crippen LogP contribution in [0.3, 0.4) is 0 Å². The summed E-state index contributed by atoms with van der Waals surface area (Å²) in [5.74, 6) is -0.352. The molecule has 0 aromatic rings. The molecule has 8 nitrogen and oxygen atoms in total. The van der Waals surface area contributed by atoms with E-state index >= 15 is 0 Å². The Morgan fingerprint density at radius 3 is 1.74 bits per heavy atom. The zero-order valence-corrected chi connectivity index (χ0v) is 26.0. The molecular weight excluding hydrogens is 498 g/mol. The Morgan fingerprint density at radius 2 is 1.21 bits per heavy atom. The molecule has 1 atom stereocenters. The highest BCUT2D eigenvalue weighted by Gasteiger charge is 2.16. The van der Waals surface area contributed by atoms with E-state index in [-0.39, 0.29) is 19.0 Å². The molecule has 0 aromatic carbocycles. The molecule has 0 aromatic heterocycles. The van der Waals surface area contributed by atoms with Crippen molar-refractivity contribution in [3.8, 4) is 0 Å². The van der Waals surface area contributed by atoms with Crippen molar-refractivity contribution in [2.24, 2.45) is 0 Å². The van der Waals surface area contributed by atoms with Crippen molar-refractivity contribution in [2.75, 3.05) is 46.1 Å². The Morgan fingerprint density at radius 1 is 0.667 bits per heavy atom. The second kappa shape index (κ2) is 28.2. The maximum atomic E-state index is 12.3. The van der Waals surface area contributed by atoms with Crippen LogP contribution in [-0.2, 0) is 28.5 Å². The van der Waals surface area contributed by atoms with E-state index in [0.717, 1.165) is 51.7 Å². The summed E-state index contributed by atoms with van der Waals surface area (Å²) in [6, 6.07) is 0. The van der Waals surface area contributed by atoms with E-state index in [1.165, 1.54) is 51.4 Å². The van der Waals surface area contributed by atoms with Gasteiger partial charge in [0.15, 0.2) is 6.29 Å². The number of rotatable bonds is 28. The number of ether oxygens (including phenoxy) is 5. The van der Waals surface area contributed by atoms with Gasteiger partial charge in [0, 0.05) is 26.2 Å². The van der Waals surface area contributed by atoms with Crippen molar-refractivity contribution in [3.05, 3.63) is 0 Å². The molecule has 8 heteroatoms.